The summed E-state index contributed by atoms with van der Waals surface area (Å²) in [5.74, 6) is -0.231. The molecular formula is C28H29F3N2O3S. The SMILES string of the molecule is CC(C)(C)C1CCc2c(sc(NC(=O)COc3ccccc3)c2C(=O)Nc2ccccc2C(F)(F)F)C1. The Morgan fingerprint density at radius 1 is 1.00 bits per heavy atom. The molecule has 1 aliphatic rings. The summed E-state index contributed by atoms with van der Waals surface area (Å²) in [5.41, 5.74) is -0.192. The first kappa shape index (κ1) is 26.7. The zero-order valence-electron chi connectivity index (χ0n) is 20.9. The number of carbonyl (C=O) groups is 2. The molecule has 196 valence electrons. The first-order valence-corrected chi connectivity index (χ1v) is 12.8. The van der Waals surface area contributed by atoms with Crippen LogP contribution < -0.4 is 15.4 Å². The highest BCUT2D eigenvalue weighted by molar-refractivity contribution is 7.17. The van der Waals surface area contributed by atoms with E-state index in [0.717, 1.165) is 29.3 Å². The van der Waals surface area contributed by atoms with Crippen molar-refractivity contribution >= 4 is 33.8 Å². The lowest BCUT2D eigenvalue weighted by atomic mass is 9.72. The van der Waals surface area contributed by atoms with Gasteiger partial charge in [0.15, 0.2) is 6.61 Å². The molecule has 0 aliphatic heterocycles. The van der Waals surface area contributed by atoms with E-state index < -0.39 is 23.6 Å². The second kappa shape index (κ2) is 10.6. The van der Waals surface area contributed by atoms with Crippen LogP contribution in [-0.2, 0) is 23.8 Å². The van der Waals surface area contributed by atoms with Crippen molar-refractivity contribution in [3.05, 3.63) is 76.2 Å². The fourth-order valence-electron chi connectivity index (χ4n) is 4.51. The highest BCUT2D eigenvalue weighted by Gasteiger charge is 2.36. The normalized spacial score (nSPS) is 15.6. The van der Waals surface area contributed by atoms with Crippen LogP contribution in [0.4, 0.5) is 23.9 Å². The van der Waals surface area contributed by atoms with E-state index in [1.165, 1.54) is 29.5 Å². The Bertz CT molecular complexity index is 1280. The molecule has 2 amide bonds. The van der Waals surface area contributed by atoms with Gasteiger partial charge in [0, 0.05) is 4.88 Å². The van der Waals surface area contributed by atoms with Crippen molar-refractivity contribution in [3.63, 3.8) is 0 Å². The molecule has 3 aromatic rings. The number of benzene rings is 2. The van der Waals surface area contributed by atoms with E-state index in [1.807, 2.05) is 6.07 Å². The average Bonchev–Trinajstić information content (AvgIpc) is 3.19. The fraction of sp³-hybridized carbons (Fsp3) is 0.357. The number of rotatable bonds is 6. The summed E-state index contributed by atoms with van der Waals surface area (Å²) < 4.78 is 46.1. The zero-order valence-corrected chi connectivity index (χ0v) is 21.7. The van der Waals surface area contributed by atoms with Crippen molar-refractivity contribution in [2.45, 2.75) is 46.2 Å². The van der Waals surface area contributed by atoms with Gasteiger partial charge < -0.3 is 15.4 Å². The number of carbonyl (C=O) groups excluding carboxylic acids is 2. The van der Waals surface area contributed by atoms with Crippen LogP contribution in [0.1, 0.15) is 53.6 Å². The van der Waals surface area contributed by atoms with Crippen molar-refractivity contribution in [3.8, 4) is 5.75 Å². The predicted octanol–water partition coefficient (Wildman–Crippen LogP) is 7.19. The van der Waals surface area contributed by atoms with Gasteiger partial charge in [-0.2, -0.15) is 13.2 Å². The third-order valence-corrected chi connectivity index (χ3v) is 7.73. The molecule has 37 heavy (non-hydrogen) atoms. The van der Waals surface area contributed by atoms with Crippen molar-refractivity contribution in [1.29, 1.82) is 0 Å². The van der Waals surface area contributed by atoms with Gasteiger partial charge in [0.25, 0.3) is 11.8 Å². The average molecular weight is 531 g/mol. The highest BCUT2D eigenvalue weighted by atomic mass is 32.1. The quantitative estimate of drug-likeness (QED) is 0.355. The van der Waals surface area contributed by atoms with E-state index in [9.17, 15) is 22.8 Å². The Kier molecular flexibility index (Phi) is 7.64. The van der Waals surface area contributed by atoms with Gasteiger partial charge in [0.1, 0.15) is 10.8 Å². The molecule has 1 heterocycles. The van der Waals surface area contributed by atoms with Crippen LogP contribution in [0.5, 0.6) is 5.75 Å². The Labute approximate surface area is 218 Å². The molecule has 2 aromatic carbocycles. The number of anilines is 2. The maximum absolute atomic E-state index is 13.5. The molecule has 0 fully saturated rings. The molecule has 0 spiro atoms. The van der Waals surface area contributed by atoms with Crippen LogP contribution in [0.3, 0.4) is 0 Å². The van der Waals surface area contributed by atoms with Gasteiger partial charge in [0.2, 0.25) is 0 Å². The van der Waals surface area contributed by atoms with Crippen molar-refractivity contribution in [2.75, 3.05) is 17.2 Å². The molecule has 1 aromatic heterocycles. The largest absolute Gasteiger partial charge is 0.484 e. The van der Waals surface area contributed by atoms with Crippen LogP contribution >= 0.6 is 11.3 Å². The molecule has 5 nitrogen and oxygen atoms in total. The minimum atomic E-state index is -4.62. The van der Waals surface area contributed by atoms with Crippen LogP contribution in [0, 0.1) is 11.3 Å². The number of ether oxygens (including phenoxy) is 1. The smallest absolute Gasteiger partial charge is 0.418 e. The van der Waals surface area contributed by atoms with Gasteiger partial charge in [-0.1, -0.05) is 51.1 Å². The van der Waals surface area contributed by atoms with Crippen LogP contribution in [0.25, 0.3) is 0 Å². The molecule has 1 unspecified atom stereocenters. The molecule has 9 heteroatoms. The molecule has 0 saturated heterocycles. The van der Waals surface area contributed by atoms with Gasteiger partial charge in [-0.05, 0) is 60.4 Å². The molecule has 0 saturated carbocycles. The maximum Gasteiger partial charge on any atom is 0.418 e. The predicted molar refractivity (Wildman–Crippen MR) is 139 cm³/mol. The first-order valence-electron chi connectivity index (χ1n) is 12.0. The summed E-state index contributed by atoms with van der Waals surface area (Å²) in [6, 6.07) is 13.7. The summed E-state index contributed by atoms with van der Waals surface area (Å²) in [6.45, 7) is 6.24. The summed E-state index contributed by atoms with van der Waals surface area (Å²) in [5, 5.41) is 5.54. The van der Waals surface area contributed by atoms with Gasteiger partial charge in [0.05, 0.1) is 16.8 Å². The zero-order chi connectivity index (χ0) is 26.8. The number of amides is 2. The van der Waals surface area contributed by atoms with Crippen molar-refractivity contribution in [2.24, 2.45) is 11.3 Å². The number of alkyl halides is 3. The van der Waals surface area contributed by atoms with Gasteiger partial charge in [-0.3, -0.25) is 9.59 Å². The minimum Gasteiger partial charge on any atom is -0.484 e. The number of thiophene rings is 1. The molecule has 0 radical (unpaired) electrons. The number of halogens is 3. The van der Waals surface area contributed by atoms with Gasteiger partial charge in [-0.15, -0.1) is 11.3 Å². The summed E-state index contributed by atoms with van der Waals surface area (Å²) in [6.07, 6.45) is -2.44. The lowest BCUT2D eigenvalue weighted by Gasteiger charge is -2.33. The van der Waals surface area contributed by atoms with Gasteiger partial charge in [-0.25, -0.2) is 0 Å². The molecule has 0 bridgehead atoms. The maximum atomic E-state index is 13.5. The second-order valence-corrected chi connectivity index (χ2v) is 11.3. The Morgan fingerprint density at radius 3 is 2.35 bits per heavy atom. The number of para-hydroxylation sites is 2. The topological polar surface area (TPSA) is 67.4 Å². The van der Waals surface area contributed by atoms with E-state index >= 15 is 0 Å². The van der Waals surface area contributed by atoms with Crippen LogP contribution in [-0.4, -0.2) is 18.4 Å². The van der Waals surface area contributed by atoms with Crippen molar-refractivity contribution in [1.82, 2.24) is 0 Å². The molecular weight excluding hydrogens is 501 g/mol. The van der Waals surface area contributed by atoms with E-state index in [1.54, 1.807) is 24.3 Å². The number of hydrogen-bond donors (Lipinski definition) is 2. The summed E-state index contributed by atoms with van der Waals surface area (Å²) in [4.78, 5) is 27.1. The van der Waals surface area contributed by atoms with Gasteiger partial charge >= 0.3 is 6.18 Å². The third-order valence-electron chi connectivity index (χ3n) is 6.56. The molecule has 1 aliphatic carbocycles. The Morgan fingerprint density at radius 2 is 1.68 bits per heavy atom. The monoisotopic (exact) mass is 530 g/mol. The van der Waals surface area contributed by atoms with E-state index in [4.69, 9.17) is 4.74 Å². The van der Waals surface area contributed by atoms with E-state index in [0.29, 0.717) is 23.1 Å². The molecule has 4 rings (SSSR count). The lowest BCUT2D eigenvalue weighted by Crippen LogP contribution is -2.27. The first-order chi connectivity index (χ1) is 17.4. The number of fused-ring (bicyclic) bond motifs is 1. The Balaban J connectivity index is 1.62. The summed E-state index contributed by atoms with van der Waals surface area (Å²) in [7, 11) is 0. The molecule has 1 atom stereocenters. The lowest BCUT2D eigenvalue weighted by molar-refractivity contribution is -0.136. The Hall–Kier alpha value is -3.33. The minimum absolute atomic E-state index is 0.0582. The summed E-state index contributed by atoms with van der Waals surface area (Å²) >= 11 is 1.31. The third kappa shape index (κ3) is 6.33. The number of nitrogens with one attached hydrogen (secondary N) is 2. The van der Waals surface area contributed by atoms with Crippen molar-refractivity contribution < 1.29 is 27.5 Å². The standard InChI is InChI=1S/C28H29F3N2O3S/c1-27(2,3)17-13-14-19-22(15-17)37-26(33-23(34)16-36-18-9-5-4-6-10-18)24(19)25(35)32-21-12-8-7-11-20(21)28(29,30)31/h4-12,17H,13-16H2,1-3H3,(H,32,35)(H,33,34). The fourth-order valence-corrected chi connectivity index (χ4v) is 5.85. The second-order valence-electron chi connectivity index (χ2n) is 10.2. The van der Waals surface area contributed by atoms with Crippen LogP contribution in [0.15, 0.2) is 54.6 Å². The van der Waals surface area contributed by atoms with Crippen LogP contribution in [0.2, 0.25) is 0 Å². The molecule has 2 N–H and O–H groups in total. The van der Waals surface area contributed by atoms with E-state index in [-0.39, 0.29) is 23.3 Å². The highest BCUT2D eigenvalue weighted by Crippen LogP contribution is 2.45. The number of hydrogen-bond acceptors (Lipinski definition) is 4. The van der Waals surface area contributed by atoms with E-state index in [2.05, 4.69) is 31.4 Å².